The Balaban J connectivity index is 1.91. The zero-order chi connectivity index (χ0) is 14.5. The fraction of sp³-hybridized carbons (Fsp3) is 0.667. The van der Waals surface area contributed by atoms with Crippen LogP contribution in [-0.4, -0.2) is 66.0 Å². The van der Waals surface area contributed by atoms with Crippen molar-refractivity contribution in [1.29, 1.82) is 0 Å². The first kappa shape index (κ1) is 14.4. The van der Waals surface area contributed by atoms with Gasteiger partial charge in [-0.05, 0) is 6.42 Å². The van der Waals surface area contributed by atoms with E-state index in [9.17, 15) is 14.4 Å². The molecule has 20 heavy (non-hydrogen) atoms. The second-order valence-corrected chi connectivity index (χ2v) is 4.98. The molecule has 0 atom stereocenters. The van der Waals surface area contributed by atoms with E-state index < -0.39 is 0 Å². The Hall–Kier alpha value is -1.96. The number of hydrogen-bond donors (Lipinski definition) is 2. The van der Waals surface area contributed by atoms with E-state index in [1.54, 1.807) is 4.90 Å². The first-order valence-electron chi connectivity index (χ1n) is 6.71. The van der Waals surface area contributed by atoms with E-state index in [1.807, 2.05) is 4.90 Å². The van der Waals surface area contributed by atoms with Gasteiger partial charge in [-0.15, -0.1) is 0 Å². The maximum absolute atomic E-state index is 12.3. The smallest absolute Gasteiger partial charge is 0.270 e. The van der Waals surface area contributed by atoms with Gasteiger partial charge in [-0.25, -0.2) is 5.43 Å². The molecule has 1 fully saturated rings. The van der Waals surface area contributed by atoms with Crippen LogP contribution >= 0.6 is 0 Å². The number of carbonyl (C=O) groups is 3. The number of nitrogens with zero attached hydrogens (tertiary/aromatic N) is 3. The van der Waals surface area contributed by atoms with E-state index in [2.05, 4.69) is 10.5 Å². The van der Waals surface area contributed by atoms with Gasteiger partial charge in [-0.1, -0.05) is 0 Å². The van der Waals surface area contributed by atoms with Gasteiger partial charge in [0.05, 0.1) is 6.54 Å². The largest absolute Gasteiger partial charge is 0.369 e. The van der Waals surface area contributed by atoms with E-state index in [-0.39, 0.29) is 24.3 Å². The summed E-state index contributed by atoms with van der Waals surface area (Å²) in [6.45, 7) is 2.75. The summed E-state index contributed by atoms with van der Waals surface area (Å²) < 4.78 is 0. The SMILES string of the molecule is NC(=O)CN1CCCN(C(=O)C2=NNC(=O)CC2)CC1. The van der Waals surface area contributed by atoms with E-state index in [4.69, 9.17) is 5.73 Å². The average Bonchev–Trinajstić information content (AvgIpc) is 2.64. The molecule has 3 amide bonds. The Morgan fingerprint density at radius 3 is 2.65 bits per heavy atom. The standard InChI is InChI=1S/C12H19N5O3/c13-10(18)8-16-4-1-5-17(7-6-16)12(20)9-2-3-11(19)15-14-9/h1-8H2,(H2,13,18)(H,15,19). The van der Waals surface area contributed by atoms with Gasteiger partial charge in [0.1, 0.15) is 5.71 Å². The number of amides is 3. The third kappa shape index (κ3) is 3.77. The molecule has 2 aliphatic heterocycles. The van der Waals surface area contributed by atoms with Gasteiger partial charge in [0, 0.05) is 39.0 Å². The van der Waals surface area contributed by atoms with E-state index in [1.165, 1.54) is 0 Å². The molecule has 0 unspecified atom stereocenters. The van der Waals surface area contributed by atoms with Crippen LogP contribution < -0.4 is 11.2 Å². The average molecular weight is 281 g/mol. The lowest BCUT2D eigenvalue weighted by atomic mass is 10.1. The van der Waals surface area contributed by atoms with Crippen LogP contribution in [0.3, 0.4) is 0 Å². The van der Waals surface area contributed by atoms with Crippen LogP contribution in [0.15, 0.2) is 5.10 Å². The van der Waals surface area contributed by atoms with E-state index in [0.717, 1.165) is 13.0 Å². The molecule has 8 heteroatoms. The quantitative estimate of drug-likeness (QED) is 0.641. The fourth-order valence-corrected chi connectivity index (χ4v) is 2.36. The summed E-state index contributed by atoms with van der Waals surface area (Å²) in [7, 11) is 0. The molecule has 3 N–H and O–H groups in total. The third-order valence-corrected chi connectivity index (χ3v) is 3.41. The maximum Gasteiger partial charge on any atom is 0.270 e. The highest BCUT2D eigenvalue weighted by atomic mass is 16.2. The molecule has 110 valence electrons. The molecule has 1 saturated heterocycles. The molecule has 2 heterocycles. The molecule has 0 aromatic carbocycles. The highest BCUT2D eigenvalue weighted by Crippen LogP contribution is 2.08. The Labute approximate surface area is 117 Å². The molecule has 0 aliphatic carbocycles. The van der Waals surface area contributed by atoms with Crippen molar-refractivity contribution in [2.45, 2.75) is 19.3 Å². The highest BCUT2D eigenvalue weighted by molar-refractivity contribution is 6.39. The first-order chi connectivity index (χ1) is 9.56. The Kier molecular flexibility index (Phi) is 4.67. The van der Waals surface area contributed by atoms with Crippen molar-refractivity contribution in [3.8, 4) is 0 Å². The monoisotopic (exact) mass is 281 g/mol. The number of nitrogens with one attached hydrogen (secondary N) is 1. The summed E-state index contributed by atoms with van der Waals surface area (Å²) in [4.78, 5) is 37.9. The van der Waals surface area contributed by atoms with Crippen molar-refractivity contribution in [3.05, 3.63) is 0 Å². The molecule has 2 aliphatic rings. The van der Waals surface area contributed by atoms with Crippen molar-refractivity contribution in [3.63, 3.8) is 0 Å². The molecule has 0 saturated carbocycles. The number of primary amides is 1. The normalized spacial score (nSPS) is 20.9. The number of rotatable bonds is 3. The summed E-state index contributed by atoms with van der Waals surface area (Å²) in [5.74, 6) is -0.653. The van der Waals surface area contributed by atoms with Gasteiger partial charge in [-0.2, -0.15) is 5.10 Å². The Morgan fingerprint density at radius 1 is 1.20 bits per heavy atom. The van der Waals surface area contributed by atoms with Crippen LogP contribution in [0, 0.1) is 0 Å². The molecule has 0 aromatic heterocycles. The van der Waals surface area contributed by atoms with Gasteiger partial charge in [0.15, 0.2) is 0 Å². The van der Waals surface area contributed by atoms with Crippen molar-refractivity contribution < 1.29 is 14.4 Å². The summed E-state index contributed by atoms with van der Waals surface area (Å²) in [6, 6.07) is 0. The summed E-state index contributed by atoms with van der Waals surface area (Å²) in [5.41, 5.74) is 7.91. The highest BCUT2D eigenvalue weighted by Gasteiger charge is 2.25. The number of carbonyl (C=O) groups excluding carboxylic acids is 3. The minimum absolute atomic E-state index is 0.133. The van der Waals surface area contributed by atoms with Crippen molar-refractivity contribution in [2.75, 3.05) is 32.7 Å². The number of hydrazone groups is 1. The minimum atomic E-state index is -0.357. The van der Waals surface area contributed by atoms with Crippen LogP contribution in [0.1, 0.15) is 19.3 Å². The molecule has 0 bridgehead atoms. The molecular formula is C12H19N5O3. The fourth-order valence-electron chi connectivity index (χ4n) is 2.36. The van der Waals surface area contributed by atoms with Gasteiger partial charge >= 0.3 is 0 Å². The van der Waals surface area contributed by atoms with Gasteiger partial charge < -0.3 is 10.6 Å². The third-order valence-electron chi connectivity index (χ3n) is 3.41. The summed E-state index contributed by atoms with van der Waals surface area (Å²) in [5, 5.41) is 3.82. The molecule has 0 spiro atoms. The zero-order valence-electron chi connectivity index (χ0n) is 11.3. The summed E-state index contributed by atoms with van der Waals surface area (Å²) in [6.07, 6.45) is 1.47. The predicted octanol–water partition coefficient (Wildman–Crippen LogP) is -1.73. The Morgan fingerprint density at radius 2 is 2.00 bits per heavy atom. The predicted molar refractivity (Wildman–Crippen MR) is 71.6 cm³/mol. The van der Waals surface area contributed by atoms with Crippen LogP contribution in [0.25, 0.3) is 0 Å². The van der Waals surface area contributed by atoms with E-state index >= 15 is 0 Å². The van der Waals surface area contributed by atoms with Crippen LogP contribution in [0.5, 0.6) is 0 Å². The number of hydrogen-bond acceptors (Lipinski definition) is 5. The van der Waals surface area contributed by atoms with Crippen molar-refractivity contribution in [2.24, 2.45) is 10.8 Å². The summed E-state index contributed by atoms with van der Waals surface area (Å²) >= 11 is 0. The lowest BCUT2D eigenvalue weighted by Crippen LogP contribution is -2.42. The zero-order valence-corrected chi connectivity index (χ0v) is 11.3. The van der Waals surface area contributed by atoms with Crippen molar-refractivity contribution >= 4 is 23.4 Å². The lowest BCUT2D eigenvalue weighted by Gasteiger charge is -2.23. The molecular weight excluding hydrogens is 262 g/mol. The van der Waals surface area contributed by atoms with Crippen molar-refractivity contribution in [1.82, 2.24) is 15.2 Å². The maximum atomic E-state index is 12.3. The molecule has 8 nitrogen and oxygen atoms in total. The topological polar surface area (TPSA) is 108 Å². The van der Waals surface area contributed by atoms with Gasteiger partial charge in [0.2, 0.25) is 11.8 Å². The first-order valence-corrected chi connectivity index (χ1v) is 6.71. The second kappa shape index (κ2) is 6.47. The van der Waals surface area contributed by atoms with Gasteiger partial charge in [-0.3, -0.25) is 19.3 Å². The molecule has 0 radical (unpaired) electrons. The minimum Gasteiger partial charge on any atom is -0.369 e. The molecule has 2 rings (SSSR count). The lowest BCUT2D eigenvalue weighted by molar-refractivity contribution is -0.124. The van der Waals surface area contributed by atoms with Crippen LogP contribution in [0.4, 0.5) is 0 Å². The number of nitrogens with two attached hydrogens (primary N) is 1. The van der Waals surface area contributed by atoms with Crippen LogP contribution in [-0.2, 0) is 14.4 Å². The van der Waals surface area contributed by atoms with E-state index in [0.29, 0.717) is 38.2 Å². The Bertz CT molecular complexity index is 448. The second-order valence-electron chi connectivity index (χ2n) is 4.98. The van der Waals surface area contributed by atoms with Crippen LogP contribution in [0.2, 0.25) is 0 Å². The van der Waals surface area contributed by atoms with Gasteiger partial charge in [0.25, 0.3) is 5.91 Å². The molecule has 0 aromatic rings.